The predicted molar refractivity (Wildman–Crippen MR) is 163 cm³/mol. The molecule has 8 heteroatoms. The zero-order valence-electron chi connectivity index (χ0n) is 22.5. The van der Waals surface area contributed by atoms with Crippen molar-refractivity contribution in [3.05, 3.63) is 121 Å². The Bertz CT molecular complexity index is 1850. The Kier molecular flexibility index (Phi) is 8.21. The van der Waals surface area contributed by atoms with Crippen molar-refractivity contribution in [2.75, 3.05) is 11.4 Å². The number of carbonyl (C=O) groups excluding carboxylic acids is 2. The number of pyridine rings is 1. The van der Waals surface area contributed by atoms with Crippen molar-refractivity contribution in [2.24, 2.45) is 5.92 Å². The highest BCUT2D eigenvalue weighted by molar-refractivity contribution is 7.90. The fourth-order valence-corrected chi connectivity index (χ4v) is 5.84. The first kappa shape index (κ1) is 27.7. The summed E-state index contributed by atoms with van der Waals surface area (Å²) in [6, 6.07) is 28.8. The quantitative estimate of drug-likeness (QED) is 0.223. The average Bonchev–Trinajstić information content (AvgIpc) is 2.99. The van der Waals surface area contributed by atoms with Crippen LogP contribution < -0.4 is 9.62 Å². The normalized spacial score (nSPS) is 12.4. The second kappa shape index (κ2) is 12.1. The standard InChI is InChI=1S/C33H29N3O4S/c1-2-36(28-15-4-3-5-16-28)33(38)31(18-10-14-27-23-34-22-26-13-8-9-17-30(26)27)32(37)35-41(39,40)29-20-19-24-11-6-7-12-25(24)21-29/h3-17,19-23,31H,2,18H2,1H3,(H,35,37)/b14-10+. The highest BCUT2D eigenvalue weighted by Gasteiger charge is 2.33. The Balaban J connectivity index is 1.45. The van der Waals surface area contributed by atoms with Crippen LogP contribution in [0.1, 0.15) is 18.9 Å². The maximum absolute atomic E-state index is 13.8. The number of hydrogen-bond donors (Lipinski definition) is 1. The zero-order chi connectivity index (χ0) is 28.8. The number of aromatic nitrogens is 1. The SMILES string of the molecule is CCN(C(=O)C(C/C=C/c1cncc2ccccc12)C(=O)NS(=O)(=O)c1ccc2ccccc2c1)c1ccccc1. The van der Waals surface area contributed by atoms with E-state index in [1.165, 1.54) is 17.0 Å². The van der Waals surface area contributed by atoms with Gasteiger partial charge in [-0.25, -0.2) is 13.1 Å². The Morgan fingerprint density at radius 2 is 1.54 bits per heavy atom. The summed E-state index contributed by atoms with van der Waals surface area (Å²) in [4.78, 5) is 33.1. The molecule has 5 rings (SSSR count). The number of nitrogens with one attached hydrogen (secondary N) is 1. The Labute approximate surface area is 239 Å². The third-order valence-corrected chi connectivity index (χ3v) is 8.24. The number of para-hydroxylation sites is 1. The summed E-state index contributed by atoms with van der Waals surface area (Å²) in [7, 11) is -4.24. The van der Waals surface area contributed by atoms with Gasteiger partial charge in [0, 0.05) is 35.6 Å². The molecule has 4 aromatic carbocycles. The third kappa shape index (κ3) is 6.18. The molecule has 1 unspecified atom stereocenters. The summed E-state index contributed by atoms with van der Waals surface area (Å²) in [6.45, 7) is 2.12. The molecule has 0 fully saturated rings. The lowest BCUT2D eigenvalue weighted by atomic mass is 10.0. The second-order valence-electron chi connectivity index (χ2n) is 9.54. The van der Waals surface area contributed by atoms with Gasteiger partial charge in [-0.15, -0.1) is 0 Å². The summed E-state index contributed by atoms with van der Waals surface area (Å²) in [5.41, 5.74) is 1.45. The molecule has 41 heavy (non-hydrogen) atoms. The molecule has 0 spiro atoms. The zero-order valence-corrected chi connectivity index (χ0v) is 23.3. The van der Waals surface area contributed by atoms with Crippen LogP contribution in [0, 0.1) is 5.92 Å². The van der Waals surface area contributed by atoms with E-state index in [-0.39, 0.29) is 11.3 Å². The smallest absolute Gasteiger partial charge is 0.264 e. The highest BCUT2D eigenvalue weighted by Crippen LogP contribution is 2.23. The van der Waals surface area contributed by atoms with Gasteiger partial charge in [-0.2, -0.15) is 0 Å². The number of hydrogen-bond acceptors (Lipinski definition) is 5. The highest BCUT2D eigenvalue weighted by atomic mass is 32.2. The number of carbonyl (C=O) groups is 2. The van der Waals surface area contributed by atoms with E-state index in [1.54, 1.807) is 60.9 Å². The van der Waals surface area contributed by atoms with E-state index in [4.69, 9.17) is 0 Å². The molecule has 0 radical (unpaired) electrons. The van der Waals surface area contributed by atoms with Gasteiger partial charge in [-0.3, -0.25) is 14.6 Å². The lowest BCUT2D eigenvalue weighted by molar-refractivity contribution is -0.132. The number of benzene rings is 4. The van der Waals surface area contributed by atoms with Crippen LogP contribution >= 0.6 is 0 Å². The first-order valence-corrected chi connectivity index (χ1v) is 14.8. The predicted octanol–water partition coefficient (Wildman–Crippen LogP) is 5.97. The van der Waals surface area contributed by atoms with E-state index in [2.05, 4.69) is 9.71 Å². The van der Waals surface area contributed by atoms with Crippen LogP contribution in [0.5, 0.6) is 0 Å². The minimum Gasteiger partial charge on any atom is -0.312 e. The van der Waals surface area contributed by atoms with Gasteiger partial charge in [0.1, 0.15) is 5.92 Å². The molecule has 206 valence electrons. The number of nitrogens with zero attached hydrogens (tertiary/aromatic N) is 2. The van der Waals surface area contributed by atoms with Crippen molar-refractivity contribution in [3.8, 4) is 0 Å². The molecular formula is C33H29N3O4S. The molecule has 0 saturated carbocycles. The molecule has 0 bridgehead atoms. The minimum atomic E-state index is -4.24. The number of fused-ring (bicyclic) bond motifs is 2. The molecule has 0 aliphatic carbocycles. The molecule has 5 aromatic rings. The molecule has 7 nitrogen and oxygen atoms in total. The summed E-state index contributed by atoms with van der Waals surface area (Å²) in [6.07, 6.45) is 6.99. The Hall–Kier alpha value is -4.82. The molecule has 1 heterocycles. The van der Waals surface area contributed by atoms with Crippen molar-refractivity contribution < 1.29 is 18.0 Å². The number of amides is 2. The fraction of sp³-hybridized carbons (Fsp3) is 0.121. The van der Waals surface area contributed by atoms with Gasteiger partial charge >= 0.3 is 0 Å². The molecule has 2 amide bonds. The van der Waals surface area contributed by atoms with Crippen LogP contribution in [0.25, 0.3) is 27.6 Å². The summed E-state index contributed by atoms with van der Waals surface area (Å²) < 4.78 is 28.7. The van der Waals surface area contributed by atoms with Crippen LogP contribution in [0.2, 0.25) is 0 Å². The summed E-state index contributed by atoms with van der Waals surface area (Å²) in [5, 5.41) is 3.54. The molecule has 0 saturated heterocycles. The maximum atomic E-state index is 13.8. The van der Waals surface area contributed by atoms with E-state index >= 15 is 0 Å². The monoisotopic (exact) mass is 563 g/mol. The van der Waals surface area contributed by atoms with Gasteiger partial charge in [-0.1, -0.05) is 84.9 Å². The van der Waals surface area contributed by atoms with Gasteiger partial charge in [0.15, 0.2) is 0 Å². The van der Waals surface area contributed by atoms with Crippen LogP contribution in [0.3, 0.4) is 0 Å². The van der Waals surface area contributed by atoms with Crippen molar-refractivity contribution in [1.29, 1.82) is 0 Å². The van der Waals surface area contributed by atoms with E-state index < -0.39 is 27.8 Å². The van der Waals surface area contributed by atoms with Crippen molar-refractivity contribution >= 4 is 55.1 Å². The van der Waals surface area contributed by atoms with Crippen LogP contribution in [-0.4, -0.2) is 31.8 Å². The molecule has 0 aliphatic rings. The van der Waals surface area contributed by atoms with Crippen LogP contribution in [0.15, 0.2) is 120 Å². The minimum absolute atomic E-state index is 0.00946. The topological polar surface area (TPSA) is 96.4 Å². The van der Waals surface area contributed by atoms with Gasteiger partial charge in [-0.05, 0) is 53.8 Å². The molecule has 1 atom stereocenters. The average molecular weight is 564 g/mol. The van der Waals surface area contributed by atoms with E-state index in [1.807, 2.05) is 55.5 Å². The lowest BCUT2D eigenvalue weighted by Gasteiger charge is -2.25. The van der Waals surface area contributed by atoms with E-state index in [0.717, 1.165) is 27.1 Å². The Morgan fingerprint density at radius 3 is 2.29 bits per heavy atom. The lowest BCUT2D eigenvalue weighted by Crippen LogP contribution is -2.45. The molecule has 1 N–H and O–H groups in total. The van der Waals surface area contributed by atoms with Crippen molar-refractivity contribution in [2.45, 2.75) is 18.2 Å². The number of allylic oxidation sites excluding steroid dienone is 1. The van der Waals surface area contributed by atoms with Gasteiger partial charge in [0.25, 0.3) is 10.0 Å². The van der Waals surface area contributed by atoms with Crippen molar-refractivity contribution in [3.63, 3.8) is 0 Å². The van der Waals surface area contributed by atoms with Gasteiger partial charge < -0.3 is 4.90 Å². The summed E-state index contributed by atoms with van der Waals surface area (Å²) >= 11 is 0. The largest absolute Gasteiger partial charge is 0.312 e. The first-order valence-electron chi connectivity index (χ1n) is 13.3. The summed E-state index contributed by atoms with van der Waals surface area (Å²) in [5.74, 6) is -2.67. The van der Waals surface area contributed by atoms with E-state index in [0.29, 0.717) is 12.2 Å². The van der Waals surface area contributed by atoms with Gasteiger partial charge in [0.2, 0.25) is 11.8 Å². The van der Waals surface area contributed by atoms with Gasteiger partial charge in [0.05, 0.1) is 4.90 Å². The van der Waals surface area contributed by atoms with Crippen LogP contribution in [-0.2, 0) is 19.6 Å². The maximum Gasteiger partial charge on any atom is 0.264 e. The number of rotatable bonds is 9. The molecule has 1 aromatic heterocycles. The second-order valence-corrected chi connectivity index (χ2v) is 11.2. The Morgan fingerprint density at radius 1 is 0.854 bits per heavy atom. The van der Waals surface area contributed by atoms with E-state index in [9.17, 15) is 18.0 Å². The molecular weight excluding hydrogens is 534 g/mol. The fourth-order valence-electron chi connectivity index (χ4n) is 4.78. The van der Waals surface area contributed by atoms with Crippen LogP contribution in [0.4, 0.5) is 5.69 Å². The first-order chi connectivity index (χ1) is 19.9. The number of anilines is 1. The molecule has 0 aliphatic heterocycles. The third-order valence-electron chi connectivity index (χ3n) is 6.90. The number of sulfonamides is 1. The van der Waals surface area contributed by atoms with Crippen molar-refractivity contribution in [1.82, 2.24) is 9.71 Å².